The summed E-state index contributed by atoms with van der Waals surface area (Å²) in [7, 11) is 1.99. The number of aromatic nitrogens is 2. The van der Waals surface area contributed by atoms with Crippen LogP contribution in [0.25, 0.3) is 11.0 Å². The summed E-state index contributed by atoms with van der Waals surface area (Å²) < 4.78 is 0. The van der Waals surface area contributed by atoms with Crippen molar-refractivity contribution in [1.82, 2.24) is 20.2 Å². The summed E-state index contributed by atoms with van der Waals surface area (Å²) in [6.07, 6.45) is 3.31. The van der Waals surface area contributed by atoms with Crippen molar-refractivity contribution in [3.05, 3.63) is 29.6 Å². The molecule has 1 saturated heterocycles. The molecule has 1 aliphatic heterocycles. The lowest BCUT2D eigenvalue weighted by Gasteiger charge is -2.31. The van der Waals surface area contributed by atoms with E-state index in [1.165, 1.54) is 5.56 Å². The number of hydrogen-bond acceptors (Lipinski definition) is 3. The van der Waals surface area contributed by atoms with Crippen molar-refractivity contribution in [2.45, 2.75) is 38.6 Å². The van der Waals surface area contributed by atoms with E-state index in [0.29, 0.717) is 18.9 Å². The van der Waals surface area contributed by atoms with Crippen LogP contribution in [0.4, 0.5) is 0 Å². The van der Waals surface area contributed by atoms with Crippen molar-refractivity contribution in [1.29, 1.82) is 0 Å². The quantitative estimate of drug-likeness (QED) is 0.908. The fourth-order valence-electron chi connectivity index (χ4n) is 3.15. The standard InChI is InChI=1S/C17H24N4O/c1-12-4-3-5-14-17(12)20-15(19-14)6-7-16(22)21-10-8-13(18-2)9-11-21/h3-5,13,18H,6-11H2,1-2H3,(H,19,20). The summed E-state index contributed by atoms with van der Waals surface area (Å²) in [5.41, 5.74) is 3.23. The molecule has 0 aliphatic carbocycles. The number of aromatic amines is 1. The highest BCUT2D eigenvalue weighted by atomic mass is 16.2. The van der Waals surface area contributed by atoms with Gasteiger partial charge in [-0.15, -0.1) is 0 Å². The topological polar surface area (TPSA) is 61.0 Å². The number of carbonyl (C=O) groups is 1. The first-order valence-electron chi connectivity index (χ1n) is 8.06. The SMILES string of the molecule is CNC1CCN(C(=O)CCc2nc3c(C)cccc3[nH]2)CC1. The minimum atomic E-state index is 0.242. The number of likely N-dealkylation sites (tertiary alicyclic amines) is 1. The van der Waals surface area contributed by atoms with Crippen LogP contribution in [0, 0.1) is 6.92 Å². The highest BCUT2D eigenvalue weighted by Gasteiger charge is 2.21. The summed E-state index contributed by atoms with van der Waals surface area (Å²) in [5, 5.41) is 3.29. The molecule has 5 nitrogen and oxygen atoms in total. The Labute approximate surface area is 131 Å². The second kappa shape index (κ2) is 6.48. The normalized spacial score (nSPS) is 16.4. The third-order valence-corrected chi connectivity index (χ3v) is 4.60. The maximum Gasteiger partial charge on any atom is 0.223 e. The Morgan fingerprint density at radius 1 is 1.41 bits per heavy atom. The average Bonchev–Trinajstić information content (AvgIpc) is 2.97. The van der Waals surface area contributed by atoms with Crippen LogP contribution in [0.15, 0.2) is 18.2 Å². The first kappa shape index (κ1) is 15.0. The number of nitrogens with one attached hydrogen (secondary N) is 2. The lowest BCUT2D eigenvalue weighted by atomic mass is 10.0. The van der Waals surface area contributed by atoms with E-state index in [2.05, 4.69) is 28.3 Å². The zero-order valence-electron chi connectivity index (χ0n) is 13.4. The van der Waals surface area contributed by atoms with Gasteiger partial charge in [-0.25, -0.2) is 4.98 Å². The van der Waals surface area contributed by atoms with E-state index in [-0.39, 0.29) is 5.91 Å². The number of piperidine rings is 1. The molecule has 2 heterocycles. The number of para-hydroxylation sites is 1. The van der Waals surface area contributed by atoms with Gasteiger partial charge in [0, 0.05) is 32.0 Å². The Kier molecular flexibility index (Phi) is 4.43. The number of amides is 1. The van der Waals surface area contributed by atoms with Gasteiger partial charge in [-0.1, -0.05) is 12.1 Å². The molecular weight excluding hydrogens is 276 g/mol. The molecule has 1 amide bonds. The van der Waals surface area contributed by atoms with E-state index < -0.39 is 0 Å². The van der Waals surface area contributed by atoms with Crippen molar-refractivity contribution >= 4 is 16.9 Å². The van der Waals surface area contributed by atoms with Crippen LogP contribution in [0.2, 0.25) is 0 Å². The van der Waals surface area contributed by atoms with Crippen LogP contribution in [-0.2, 0) is 11.2 Å². The summed E-state index contributed by atoms with van der Waals surface area (Å²) in [6, 6.07) is 6.67. The van der Waals surface area contributed by atoms with Gasteiger partial charge < -0.3 is 15.2 Å². The van der Waals surface area contributed by atoms with E-state index in [0.717, 1.165) is 42.8 Å². The van der Waals surface area contributed by atoms with Crippen molar-refractivity contribution in [2.75, 3.05) is 20.1 Å². The summed E-state index contributed by atoms with van der Waals surface area (Å²) >= 11 is 0. The predicted octanol–water partition coefficient (Wildman–Crippen LogP) is 2.01. The molecule has 0 radical (unpaired) electrons. The lowest BCUT2D eigenvalue weighted by Crippen LogP contribution is -2.44. The zero-order chi connectivity index (χ0) is 15.5. The number of imidazole rings is 1. The Morgan fingerprint density at radius 2 is 2.18 bits per heavy atom. The Bertz CT molecular complexity index is 656. The van der Waals surface area contributed by atoms with Crippen molar-refractivity contribution < 1.29 is 4.79 Å². The van der Waals surface area contributed by atoms with E-state index >= 15 is 0 Å². The van der Waals surface area contributed by atoms with Gasteiger partial charge in [-0.3, -0.25) is 4.79 Å². The van der Waals surface area contributed by atoms with Gasteiger partial charge in [0.15, 0.2) is 0 Å². The van der Waals surface area contributed by atoms with E-state index in [1.807, 2.05) is 24.1 Å². The second-order valence-corrected chi connectivity index (χ2v) is 6.10. The third kappa shape index (κ3) is 3.14. The fourth-order valence-corrected chi connectivity index (χ4v) is 3.15. The highest BCUT2D eigenvalue weighted by Crippen LogP contribution is 2.17. The molecule has 1 aromatic carbocycles. The monoisotopic (exact) mass is 300 g/mol. The van der Waals surface area contributed by atoms with Gasteiger partial charge in [0.05, 0.1) is 11.0 Å². The number of carbonyl (C=O) groups excluding carboxylic acids is 1. The molecule has 0 unspecified atom stereocenters. The molecule has 0 saturated carbocycles. The Morgan fingerprint density at radius 3 is 2.86 bits per heavy atom. The maximum absolute atomic E-state index is 12.3. The van der Waals surface area contributed by atoms with Crippen LogP contribution >= 0.6 is 0 Å². The first-order chi connectivity index (χ1) is 10.7. The van der Waals surface area contributed by atoms with E-state index in [4.69, 9.17) is 0 Å². The second-order valence-electron chi connectivity index (χ2n) is 6.10. The molecule has 1 aliphatic rings. The predicted molar refractivity (Wildman–Crippen MR) is 87.8 cm³/mol. The fraction of sp³-hybridized carbons (Fsp3) is 0.529. The molecule has 5 heteroatoms. The molecule has 118 valence electrons. The number of nitrogens with zero attached hydrogens (tertiary/aromatic N) is 2. The molecule has 1 aromatic heterocycles. The van der Waals surface area contributed by atoms with E-state index in [1.54, 1.807) is 0 Å². The summed E-state index contributed by atoms with van der Waals surface area (Å²) in [6.45, 7) is 3.79. The summed E-state index contributed by atoms with van der Waals surface area (Å²) in [5.74, 6) is 1.15. The van der Waals surface area contributed by atoms with Gasteiger partial charge in [0.25, 0.3) is 0 Å². The third-order valence-electron chi connectivity index (χ3n) is 4.60. The molecule has 2 aromatic rings. The molecule has 0 bridgehead atoms. The maximum atomic E-state index is 12.3. The molecule has 0 spiro atoms. The van der Waals surface area contributed by atoms with Crippen LogP contribution in [0.5, 0.6) is 0 Å². The van der Waals surface area contributed by atoms with Gasteiger partial charge in [-0.05, 0) is 38.4 Å². The van der Waals surface area contributed by atoms with Crippen LogP contribution < -0.4 is 5.32 Å². The molecule has 1 fully saturated rings. The number of aryl methyl sites for hydroxylation is 2. The van der Waals surface area contributed by atoms with Crippen LogP contribution in [-0.4, -0.2) is 47.0 Å². The Balaban J connectivity index is 1.57. The largest absolute Gasteiger partial charge is 0.343 e. The number of rotatable bonds is 4. The smallest absolute Gasteiger partial charge is 0.223 e. The number of fused-ring (bicyclic) bond motifs is 1. The Hall–Kier alpha value is -1.88. The van der Waals surface area contributed by atoms with Gasteiger partial charge in [-0.2, -0.15) is 0 Å². The molecule has 0 atom stereocenters. The van der Waals surface area contributed by atoms with Crippen LogP contribution in [0.1, 0.15) is 30.7 Å². The lowest BCUT2D eigenvalue weighted by molar-refractivity contribution is -0.132. The first-order valence-corrected chi connectivity index (χ1v) is 8.06. The molecule has 22 heavy (non-hydrogen) atoms. The van der Waals surface area contributed by atoms with Crippen molar-refractivity contribution in [2.24, 2.45) is 0 Å². The number of H-pyrrole nitrogens is 1. The minimum absolute atomic E-state index is 0.242. The van der Waals surface area contributed by atoms with Crippen molar-refractivity contribution in [3.8, 4) is 0 Å². The number of benzene rings is 1. The van der Waals surface area contributed by atoms with Gasteiger partial charge in [0.2, 0.25) is 5.91 Å². The number of hydrogen-bond donors (Lipinski definition) is 2. The minimum Gasteiger partial charge on any atom is -0.343 e. The summed E-state index contributed by atoms with van der Waals surface area (Å²) in [4.78, 5) is 22.2. The van der Waals surface area contributed by atoms with Crippen LogP contribution in [0.3, 0.4) is 0 Å². The van der Waals surface area contributed by atoms with Gasteiger partial charge >= 0.3 is 0 Å². The highest BCUT2D eigenvalue weighted by molar-refractivity contribution is 5.79. The van der Waals surface area contributed by atoms with Gasteiger partial charge in [0.1, 0.15) is 5.82 Å². The van der Waals surface area contributed by atoms with Crippen molar-refractivity contribution in [3.63, 3.8) is 0 Å². The molecular formula is C17H24N4O. The van der Waals surface area contributed by atoms with E-state index in [9.17, 15) is 4.79 Å². The average molecular weight is 300 g/mol. The molecule has 3 rings (SSSR count). The zero-order valence-corrected chi connectivity index (χ0v) is 13.4. The molecule has 2 N–H and O–H groups in total.